The highest BCUT2D eigenvalue weighted by molar-refractivity contribution is 6.04. The molecule has 2 aromatic carbocycles. The summed E-state index contributed by atoms with van der Waals surface area (Å²) in [6.45, 7) is 3.59. The molecule has 0 atom stereocenters. The summed E-state index contributed by atoms with van der Waals surface area (Å²) in [5.41, 5.74) is 9.39. The Morgan fingerprint density at radius 2 is 1.75 bits per heavy atom. The highest BCUT2D eigenvalue weighted by Crippen LogP contribution is 2.27. The standard InChI is InChI=1S/C21H22N6O/c22-17-7-6-16(15-4-2-1-3-5-15)14-19(17)24-21(28)18-8-9-20(26-25-18)27-12-10-23-11-13-27/h1-9,14,23H,10-13,22H2,(H,24,28). The Kier molecular flexibility index (Phi) is 5.16. The average molecular weight is 374 g/mol. The molecule has 0 radical (unpaired) electrons. The second kappa shape index (κ2) is 8.06. The Hall–Kier alpha value is -3.45. The van der Waals surface area contributed by atoms with Crippen LogP contribution in [0.3, 0.4) is 0 Å². The molecule has 1 fully saturated rings. The first kappa shape index (κ1) is 17.9. The molecular weight excluding hydrogens is 352 g/mol. The van der Waals surface area contributed by atoms with Gasteiger partial charge in [-0.25, -0.2) is 0 Å². The number of nitrogens with zero attached hydrogens (tertiary/aromatic N) is 3. The Morgan fingerprint density at radius 1 is 0.964 bits per heavy atom. The van der Waals surface area contributed by atoms with Crippen molar-refractivity contribution in [3.63, 3.8) is 0 Å². The van der Waals surface area contributed by atoms with Gasteiger partial charge < -0.3 is 21.3 Å². The summed E-state index contributed by atoms with van der Waals surface area (Å²) in [5, 5.41) is 14.4. The van der Waals surface area contributed by atoms with Crippen LogP contribution >= 0.6 is 0 Å². The van der Waals surface area contributed by atoms with Crippen molar-refractivity contribution in [1.29, 1.82) is 0 Å². The van der Waals surface area contributed by atoms with E-state index < -0.39 is 0 Å². The molecule has 28 heavy (non-hydrogen) atoms. The van der Waals surface area contributed by atoms with Crippen LogP contribution in [0.2, 0.25) is 0 Å². The number of rotatable bonds is 4. The van der Waals surface area contributed by atoms with Gasteiger partial charge in [0, 0.05) is 26.2 Å². The molecule has 3 aromatic rings. The Labute approximate surface area is 163 Å². The number of carbonyl (C=O) groups excluding carboxylic acids is 1. The van der Waals surface area contributed by atoms with Crippen LogP contribution in [0.4, 0.5) is 17.2 Å². The highest BCUT2D eigenvalue weighted by Gasteiger charge is 2.15. The van der Waals surface area contributed by atoms with Crippen LogP contribution in [0.25, 0.3) is 11.1 Å². The number of piperazine rings is 1. The summed E-state index contributed by atoms with van der Waals surface area (Å²) in [7, 11) is 0. The lowest BCUT2D eigenvalue weighted by molar-refractivity contribution is 0.102. The van der Waals surface area contributed by atoms with E-state index in [1.165, 1.54) is 0 Å². The van der Waals surface area contributed by atoms with Crippen molar-refractivity contribution in [2.75, 3.05) is 42.1 Å². The average Bonchev–Trinajstić information content (AvgIpc) is 2.76. The predicted octanol–water partition coefficient (Wildman–Crippen LogP) is 2.39. The van der Waals surface area contributed by atoms with Gasteiger partial charge in [0.1, 0.15) is 0 Å². The molecule has 1 saturated heterocycles. The number of aromatic nitrogens is 2. The van der Waals surface area contributed by atoms with Crippen LogP contribution in [0.1, 0.15) is 10.5 Å². The molecule has 1 aliphatic heterocycles. The third-order valence-corrected chi connectivity index (χ3v) is 4.73. The molecule has 0 saturated carbocycles. The fourth-order valence-electron chi connectivity index (χ4n) is 3.17. The smallest absolute Gasteiger partial charge is 0.276 e. The van der Waals surface area contributed by atoms with Gasteiger partial charge >= 0.3 is 0 Å². The molecule has 0 unspecified atom stereocenters. The summed E-state index contributed by atoms with van der Waals surface area (Å²) in [6, 6.07) is 19.0. The molecule has 142 valence electrons. The van der Waals surface area contributed by atoms with E-state index in [0.29, 0.717) is 11.4 Å². The molecule has 7 nitrogen and oxygen atoms in total. The van der Waals surface area contributed by atoms with Crippen LogP contribution in [-0.4, -0.2) is 42.3 Å². The van der Waals surface area contributed by atoms with Crippen LogP contribution in [0.5, 0.6) is 0 Å². The number of nitrogens with one attached hydrogen (secondary N) is 2. The van der Waals surface area contributed by atoms with Crippen molar-refractivity contribution in [2.24, 2.45) is 0 Å². The van der Waals surface area contributed by atoms with Gasteiger partial charge in [-0.3, -0.25) is 4.79 Å². The number of hydrogen-bond donors (Lipinski definition) is 3. The first-order chi connectivity index (χ1) is 13.7. The maximum atomic E-state index is 12.6. The number of carbonyl (C=O) groups is 1. The normalized spacial score (nSPS) is 13.9. The summed E-state index contributed by atoms with van der Waals surface area (Å²) in [5.74, 6) is 0.444. The fourth-order valence-corrected chi connectivity index (χ4v) is 3.17. The van der Waals surface area contributed by atoms with Gasteiger partial charge in [-0.1, -0.05) is 36.4 Å². The lowest BCUT2D eigenvalue weighted by Crippen LogP contribution is -2.44. The van der Waals surface area contributed by atoms with Crippen LogP contribution in [-0.2, 0) is 0 Å². The second-order valence-corrected chi connectivity index (χ2v) is 6.64. The molecule has 1 amide bonds. The Morgan fingerprint density at radius 3 is 2.46 bits per heavy atom. The lowest BCUT2D eigenvalue weighted by atomic mass is 10.0. The zero-order valence-corrected chi connectivity index (χ0v) is 15.4. The minimum absolute atomic E-state index is 0.253. The van der Waals surface area contributed by atoms with Gasteiger partial charge in [-0.2, -0.15) is 0 Å². The molecule has 1 aliphatic rings. The maximum Gasteiger partial charge on any atom is 0.276 e. The van der Waals surface area contributed by atoms with Crippen molar-refractivity contribution in [3.8, 4) is 11.1 Å². The van der Waals surface area contributed by atoms with Crippen LogP contribution in [0.15, 0.2) is 60.7 Å². The number of nitrogen functional groups attached to an aromatic ring is 1. The molecular formula is C21H22N6O. The minimum atomic E-state index is -0.337. The minimum Gasteiger partial charge on any atom is -0.397 e. The summed E-state index contributed by atoms with van der Waals surface area (Å²) in [4.78, 5) is 14.8. The van der Waals surface area contributed by atoms with Crippen molar-refractivity contribution < 1.29 is 4.79 Å². The zero-order chi connectivity index (χ0) is 19.3. The Bertz CT molecular complexity index is 952. The van der Waals surface area contributed by atoms with Gasteiger partial charge in [0.25, 0.3) is 5.91 Å². The van der Waals surface area contributed by atoms with Crippen molar-refractivity contribution in [2.45, 2.75) is 0 Å². The van der Waals surface area contributed by atoms with Crippen molar-refractivity contribution >= 4 is 23.1 Å². The number of hydrogen-bond acceptors (Lipinski definition) is 6. The zero-order valence-electron chi connectivity index (χ0n) is 15.4. The first-order valence-electron chi connectivity index (χ1n) is 9.26. The topological polar surface area (TPSA) is 96.2 Å². The SMILES string of the molecule is Nc1ccc(-c2ccccc2)cc1NC(=O)c1ccc(N2CCNCC2)nn1. The maximum absolute atomic E-state index is 12.6. The van der Waals surface area contributed by atoms with Gasteiger partial charge in [0.05, 0.1) is 11.4 Å². The van der Waals surface area contributed by atoms with Gasteiger partial charge in [0.15, 0.2) is 11.5 Å². The third kappa shape index (κ3) is 3.94. The summed E-state index contributed by atoms with van der Waals surface area (Å²) in [6.07, 6.45) is 0. The van der Waals surface area contributed by atoms with Gasteiger partial charge in [-0.05, 0) is 35.4 Å². The van der Waals surface area contributed by atoms with E-state index in [1.54, 1.807) is 12.1 Å². The first-order valence-corrected chi connectivity index (χ1v) is 9.26. The number of amides is 1. The molecule has 0 aliphatic carbocycles. The fraction of sp³-hybridized carbons (Fsp3) is 0.190. The molecule has 0 bridgehead atoms. The van der Waals surface area contributed by atoms with E-state index >= 15 is 0 Å². The predicted molar refractivity (Wildman–Crippen MR) is 111 cm³/mol. The molecule has 7 heteroatoms. The van der Waals surface area contributed by atoms with Crippen LogP contribution in [0, 0.1) is 0 Å². The summed E-state index contributed by atoms with van der Waals surface area (Å²) >= 11 is 0. The van der Waals surface area contributed by atoms with E-state index in [1.807, 2.05) is 48.5 Å². The molecule has 2 heterocycles. The van der Waals surface area contributed by atoms with Crippen LogP contribution < -0.4 is 21.3 Å². The van der Waals surface area contributed by atoms with Gasteiger partial charge in [0.2, 0.25) is 0 Å². The van der Waals surface area contributed by atoms with E-state index in [2.05, 4.69) is 25.7 Å². The van der Waals surface area contributed by atoms with Crippen molar-refractivity contribution in [1.82, 2.24) is 15.5 Å². The molecule has 4 rings (SSSR count). The number of nitrogens with two attached hydrogens (primary N) is 1. The molecule has 4 N–H and O–H groups in total. The van der Waals surface area contributed by atoms with E-state index in [-0.39, 0.29) is 11.6 Å². The lowest BCUT2D eigenvalue weighted by Gasteiger charge is -2.27. The third-order valence-electron chi connectivity index (χ3n) is 4.73. The largest absolute Gasteiger partial charge is 0.397 e. The van der Waals surface area contributed by atoms with Crippen molar-refractivity contribution in [3.05, 3.63) is 66.4 Å². The van der Waals surface area contributed by atoms with E-state index in [9.17, 15) is 4.79 Å². The quantitative estimate of drug-likeness (QED) is 0.607. The molecule has 0 spiro atoms. The summed E-state index contributed by atoms with van der Waals surface area (Å²) < 4.78 is 0. The number of benzene rings is 2. The van der Waals surface area contributed by atoms with E-state index in [0.717, 1.165) is 43.1 Å². The number of anilines is 3. The monoisotopic (exact) mass is 374 g/mol. The highest BCUT2D eigenvalue weighted by atomic mass is 16.1. The van der Waals surface area contributed by atoms with E-state index in [4.69, 9.17) is 5.73 Å². The Balaban J connectivity index is 1.50. The second-order valence-electron chi connectivity index (χ2n) is 6.64. The van der Waals surface area contributed by atoms with Gasteiger partial charge in [-0.15, -0.1) is 10.2 Å². The molecule has 1 aromatic heterocycles.